The predicted molar refractivity (Wildman–Crippen MR) is 72.5 cm³/mol. The Balaban J connectivity index is 2.22. The van der Waals surface area contributed by atoms with Gasteiger partial charge in [-0.2, -0.15) is 0 Å². The van der Waals surface area contributed by atoms with E-state index in [-0.39, 0.29) is 5.54 Å². The maximum atomic E-state index is 5.89. The Morgan fingerprint density at radius 1 is 1.24 bits per heavy atom. The van der Waals surface area contributed by atoms with E-state index >= 15 is 0 Å². The molecule has 17 heavy (non-hydrogen) atoms. The van der Waals surface area contributed by atoms with Gasteiger partial charge < -0.3 is 4.90 Å². The van der Waals surface area contributed by atoms with Crippen molar-refractivity contribution in [2.75, 3.05) is 14.1 Å². The largest absolute Gasteiger partial charge is 0.302 e. The van der Waals surface area contributed by atoms with Gasteiger partial charge in [0.1, 0.15) is 0 Å². The van der Waals surface area contributed by atoms with Gasteiger partial charge in [0.05, 0.1) is 6.04 Å². The van der Waals surface area contributed by atoms with Gasteiger partial charge >= 0.3 is 0 Å². The number of hydrazine groups is 1. The highest BCUT2D eigenvalue weighted by Gasteiger charge is 2.44. The fraction of sp³-hybridized carbons (Fsp3) is 0.857. The highest BCUT2D eigenvalue weighted by atomic mass is 15.3. The summed E-state index contributed by atoms with van der Waals surface area (Å²) in [6.07, 6.45) is 12.8. The maximum absolute atomic E-state index is 5.89. The molecular formula is C14H27N3. The number of rotatable bonds is 4. The van der Waals surface area contributed by atoms with E-state index < -0.39 is 0 Å². The lowest BCUT2D eigenvalue weighted by Crippen LogP contribution is -2.60. The molecule has 3 nitrogen and oxygen atoms in total. The summed E-state index contributed by atoms with van der Waals surface area (Å²) in [5.74, 6) is 5.89. The molecule has 0 saturated heterocycles. The minimum Gasteiger partial charge on any atom is -0.302 e. The Hall–Kier alpha value is -0.380. The first-order valence-corrected chi connectivity index (χ1v) is 7.03. The molecule has 0 radical (unpaired) electrons. The third-order valence-corrected chi connectivity index (χ3v) is 4.76. The molecule has 0 heterocycles. The van der Waals surface area contributed by atoms with Crippen LogP contribution in [0, 0.1) is 0 Å². The van der Waals surface area contributed by atoms with Crippen molar-refractivity contribution in [2.24, 2.45) is 5.84 Å². The zero-order valence-corrected chi connectivity index (χ0v) is 11.3. The summed E-state index contributed by atoms with van der Waals surface area (Å²) in [6.45, 7) is 0. The SMILES string of the molecule is CN(C)C1(C(NN)C2=CCCCC2)CCCC1. The molecule has 1 atom stereocenters. The monoisotopic (exact) mass is 237 g/mol. The normalized spacial score (nSPS) is 26.0. The standard InChI is InChI=1S/C14H27N3/c1-17(2)14(10-6-7-11-14)13(16-15)12-8-4-3-5-9-12/h8,13,16H,3-7,9-11,15H2,1-2H3. The molecule has 98 valence electrons. The number of hydrogen-bond donors (Lipinski definition) is 2. The first-order chi connectivity index (χ1) is 8.20. The van der Waals surface area contributed by atoms with Crippen LogP contribution in [0.3, 0.4) is 0 Å². The van der Waals surface area contributed by atoms with Crippen LogP contribution in [-0.4, -0.2) is 30.6 Å². The zero-order valence-electron chi connectivity index (χ0n) is 11.3. The molecule has 0 bridgehead atoms. The number of nitrogens with one attached hydrogen (secondary N) is 1. The predicted octanol–water partition coefficient (Wildman–Crippen LogP) is 2.19. The van der Waals surface area contributed by atoms with Gasteiger partial charge in [0.2, 0.25) is 0 Å². The minimum absolute atomic E-state index is 0.248. The fourth-order valence-electron chi connectivity index (χ4n) is 3.71. The van der Waals surface area contributed by atoms with Crippen LogP contribution in [0.2, 0.25) is 0 Å². The van der Waals surface area contributed by atoms with Crippen LogP contribution in [0.1, 0.15) is 51.4 Å². The molecule has 2 aliphatic rings. The third-order valence-electron chi connectivity index (χ3n) is 4.76. The average molecular weight is 237 g/mol. The van der Waals surface area contributed by atoms with Crippen molar-refractivity contribution in [1.82, 2.24) is 10.3 Å². The minimum atomic E-state index is 0.248. The van der Waals surface area contributed by atoms with E-state index in [1.165, 1.54) is 51.4 Å². The summed E-state index contributed by atoms with van der Waals surface area (Å²) in [5.41, 5.74) is 4.92. The van der Waals surface area contributed by atoms with Crippen LogP contribution in [0.25, 0.3) is 0 Å². The number of allylic oxidation sites excluding steroid dienone is 1. The first-order valence-electron chi connectivity index (χ1n) is 7.03. The van der Waals surface area contributed by atoms with Crippen molar-refractivity contribution in [3.8, 4) is 0 Å². The topological polar surface area (TPSA) is 41.3 Å². The van der Waals surface area contributed by atoms with Crippen LogP contribution in [0.5, 0.6) is 0 Å². The van der Waals surface area contributed by atoms with Crippen LogP contribution >= 0.6 is 0 Å². The molecule has 0 amide bonds. The van der Waals surface area contributed by atoms with Crippen LogP contribution in [0.4, 0.5) is 0 Å². The van der Waals surface area contributed by atoms with Crippen molar-refractivity contribution in [3.63, 3.8) is 0 Å². The third kappa shape index (κ3) is 2.42. The van der Waals surface area contributed by atoms with Crippen LogP contribution < -0.4 is 11.3 Å². The second kappa shape index (κ2) is 5.51. The van der Waals surface area contributed by atoms with E-state index in [2.05, 4.69) is 30.5 Å². The Labute approximate surface area is 105 Å². The van der Waals surface area contributed by atoms with E-state index in [0.29, 0.717) is 6.04 Å². The fourth-order valence-corrected chi connectivity index (χ4v) is 3.71. The average Bonchev–Trinajstić information content (AvgIpc) is 2.82. The Morgan fingerprint density at radius 3 is 2.41 bits per heavy atom. The number of nitrogens with zero attached hydrogens (tertiary/aromatic N) is 1. The molecule has 0 aliphatic heterocycles. The lowest BCUT2D eigenvalue weighted by atomic mass is 9.79. The van der Waals surface area contributed by atoms with Crippen molar-refractivity contribution >= 4 is 0 Å². The van der Waals surface area contributed by atoms with Crippen molar-refractivity contribution in [2.45, 2.75) is 62.9 Å². The van der Waals surface area contributed by atoms with E-state index in [4.69, 9.17) is 5.84 Å². The summed E-state index contributed by atoms with van der Waals surface area (Å²) in [7, 11) is 4.41. The van der Waals surface area contributed by atoms with E-state index in [1.807, 2.05) is 0 Å². The Morgan fingerprint density at radius 2 is 1.94 bits per heavy atom. The number of hydrogen-bond acceptors (Lipinski definition) is 3. The van der Waals surface area contributed by atoms with Gasteiger partial charge in [-0.25, -0.2) is 0 Å². The summed E-state index contributed by atoms with van der Waals surface area (Å²) in [5, 5.41) is 0. The molecule has 1 fully saturated rings. The molecule has 1 saturated carbocycles. The molecule has 1 unspecified atom stereocenters. The Bertz CT molecular complexity index is 277. The van der Waals surface area contributed by atoms with Crippen molar-refractivity contribution < 1.29 is 0 Å². The lowest BCUT2D eigenvalue weighted by molar-refractivity contribution is 0.118. The lowest BCUT2D eigenvalue weighted by Gasteiger charge is -2.44. The number of nitrogens with two attached hydrogens (primary N) is 1. The van der Waals surface area contributed by atoms with Gasteiger partial charge in [-0.3, -0.25) is 11.3 Å². The summed E-state index contributed by atoms with van der Waals surface area (Å²) < 4.78 is 0. The molecule has 3 N–H and O–H groups in total. The molecule has 2 rings (SSSR count). The molecule has 0 aromatic rings. The molecule has 3 heteroatoms. The molecule has 2 aliphatic carbocycles. The van der Waals surface area contributed by atoms with Gasteiger partial charge in [-0.1, -0.05) is 24.5 Å². The highest BCUT2D eigenvalue weighted by Crippen LogP contribution is 2.40. The van der Waals surface area contributed by atoms with Crippen molar-refractivity contribution in [1.29, 1.82) is 0 Å². The second-order valence-electron chi connectivity index (χ2n) is 5.83. The van der Waals surface area contributed by atoms with Gasteiger partial charge in [0, 0.05) is 5.54 Å². The number of likely N-dealkylation sites (N-methyl/N-ethyl adjacent to an activating group) is 1. The smallest absolute Gasteiger partial charge is 0.0603 e. The van der Waals surface area contributed by atoms with Gasteiger partial charge in [-0.05, 0) is 52.6 Å². The van der Waals surface area contributed by atoms with Gasteiger partial charge in [0.25, 0.3) is 0 Å². The summed E-state index contributed by atoms with van der Waals surface area (Å²) in [4.78, 5) is 2.40. The molecule has 0 aromatic carbocycles. The Kier molecular flexibility index (Phi) is 4.23. The van der Waals surface area contributed by atoms with Crippen LogP contribution in [-0.2, 0) is 0 Å². The van der Waals surface area contributed by atoms with E-state index in [9.17, 15) is 0 Å². The summed E-state index contributed by atoms with van der Waals surface area (Å²) in [6, 6.07) is 0.347. The van der Waals surface area contributed by atoms with Crippen molar-refractivity contribution in [3.05, 3.63) is 11.6 Å². The molecule has 0 aromatic heterocycles. The maximum Gasteiger partial charge on any atom is 0.0603 e. The molecular weight excluding hydrogens is 210 g/mol. The highest BCUT2D eigenvalue weighted by molar-refractivity contribution is 5.21. The quantitative estimate of drug-likeness (QED) is 0.447. The van der Waals surface area contributed by atoms with E-state index in [0.717, 1.165) is 0 Å². The second-order valence-corrected chi connectivity index (χ2v) is 5.83. The van der Waals surface area contributed by atoms with Crippen LogP contribution in [0.15, 0.2) is 11.6 Å². The van der Waals surface area contributed by atoms with Gasteiger partial charge in [0.15, 0.2) is 0 Å². The summed E-state index contributed by atoms with van der Waals surface area (Å²) >= 11 is 0. The molecule has 0 spiro atoms. The van der Waals surface area contributed by atoms with Gasteiger partial charge in [-0.15, -0.1) is 0 Å². The van der Waals surface area contributed by atoms with E-state index in [1.54, 1.807) is 5.57 Å². The first kappa shape index (κ1) is 13.1. The zero-order chi connectivity index (χ0) is 12.3.